The number of hydrogen-bond donors (Lipinski definition) is 1. The highest BCUT2D eigenvalue weighted by Gasteiger charge is 2.11. The standard InChI is InChI=1S/C13H10FN3O2/c1-2-19-11-4-3-8(5-10(11)14)13-9(7-15)6-12(18)16-17-13/h3-6H,2H2,1H3,(H,16,18). The van der Waals surface area contributed by atoms with Gasteiger partial charge in [0.2, 0.25) is 0 Å². The van der Waals surface area contributed by atoms with Crippen LogP contribution in [-0.2, 0) is 0 Å². The lowest BCUT2D eigenvalue weighted by atomic mass is 10.1. The number of aromatic amines is 1. The largest absolute Gasteiger partial charge is 0.491 e. The van der Waals surface area contributed by atoms with Gasteiger partial charge in [0.05, 0.1) is 12.2 Å². The molecule has 0 fully saturated rings. The molecule has 0 unspecified atom stereocenters. The highest BCUT2D eigenvalue weighted by molar-refractivity contribution is 5.66. The number of aromatic nitrogens is 2. The SMILES string of the molecule is CCOc1ccc(-c2n[nH]c(=O)cc2C#N)cc1F. The number of benzene rings is 1. The number of nitrogens with one attached hydrogen (secondary N) is 1. The second kappa shape index (κ2) is 5.31. The minimum Gasteiger partial charge on any atom is -0.491 e. The zero-order valence-electron chi connectivity index (χ0n) is 10.1. The van der Waals surface area contributed by atoms with Gasteiger partial charge in [-0.3, -0.25) is 4.79 Å². The van der Waals surface area contributed by atoms with Crippen molar-refractivity contribution in [3.05, 3.63) is 46.0 Å². The molecule has 0 aliphatic heterocycles. The van der Waals surface area contributed by atoms with Gasteiger partial charge in [0.15, 0.2) is 11.6 Å². The predicted molar refractivity (Wildman–Crippen MR) is 66.1 cm³/mol. The number of H-pyrrole nitrogens is 1. The molecule has 1 N–H and O–H groups in total. The molecular formula is C13H10FN3O2. The van der Waals surface area contributed by atoms with E-state index in [4.69, 9.17) is 10.00 Å². The second-order valence-corrected chi connectivity index (χ2v) is 3.68. The molecule has 96 valence electrons. The first-order valence-electron chi connectivity index (χ1n) is 5.58. The molecule has 1 heterocycles. The summed E-state index contributed by atoms with van der Waals surface area (Å²) in [6.45, 7) is 2.11. The van der Waals surface area contributed by atoms with Crippen molar-refractivity contribution in [2.24, 2.45) is 0 Å². The van der Waals surface area contributed by atoms with E-state index in [1.54, 1.807) is 13.0 Å². The molecule has 0 aliphatic carbocycles. The second-order valence-electron chi connectivity index (χ2n) is 3.68. The summed E-state index contributed by atoms with van der Waals surface area (Å²) in [5.74, 6) is -0.412. The molecule has 1 aromatic heterocycles. The molecule has 0 aliphatic rings. The number of hydrogen-bond acceptors (Lipinski definition) is 4. The third kappa shape index (κ3) is 2.60. The summed E-state index contributed by atoms with van der Waals surface area (Å²) in [6.07, 6.45) is 0. The van der Waals surface area contributed by atoms with Crippen LogP contribution in [0.15, 0.2) is 29.1 Å². The van der Waals surface area contributed by atoms with E-state index in [-0.39, 0.29) is 17.0 Å². The molecule has 19 heavy (non-hydrogen) atoms. The van der Waals surface area contributed by atoms with Crippen molar-refractivity contribution in [3.8, 4) is 23.1 Å². The van der Waals surface area contributed by atoms with Gasteiger partial charge in [-0.15, -0.1) is 0 Å². The molecule has 0 saturated heterocycles. The Bertz CT molecular complexity index is 704. The van der Waals surface area contributed by atoms with E-state index in [9.17, 15) is 9.18 Å². The average molecular weight is 259 g/mol. The Hall–Kier alpha value is -2.68. The first-order valence-corrected chi connectivity index (χ1v) is 5.58. The Kier molecular flexibility index (Phi) is 3.57. The van der Waals surface area contributed by atoms with Crippen LogP contribution in [0.5, 0.6) is 5.75 Å². The zero-order valence-corrected chi connectivity index (χ0v) is 10.1. The molecule has 5 nitrogen and oxygen atoms in total. The molecule has 6 heteroatoms. The maximum absolute atomic E-state index is 13.7. The van der Waals surface area contributed by atoms with Crippen LogP contribution in [0.1, 0.15) is 12.5 Å². The van der Waals surface area contributed by atoms with Crippen molar-refractivity contribution in [1.82, 2.24) is 10.2 Å². The average Bonchev–Trinajstić information content (AvgIpc) is 2.41. The molecule has 2 rings (SSSR count). The Balaban J connectivity index is 2.51. The van der Waals surface area contributed by atoms with Gasteiger partial charge >= 0.3 is 0 Å². The van der Waals surface area contributed by atoms with E-state index < -0.39 is 11.4 Å². The number of nitrogens with zero attached hydrogens (tertiary/aromatic N) is 2. The molecule has 0 amide bonds. The lowest BCUT2D eigenvalue weighted by Gasteiger charge is -2.07. The maximum atomic E-state index is 13.7. The summed E-state index contributed by atoms with van der Waals surface area (Å²) in [7, 11) is 0. The van der Waals surface area contributed by atoms with E-state index in [2.05, 4.69) is 10.2 Å². The fourth-order valence-corrected chi connectivity index (χ4v) is 1.63. The number of ether oxygens (including phenoxy) is 1. The van der Waals surface area contributed by atoms with Crippen LogP contribution in [0, 0.1) is 17.1 Å². The normalized spacial score (nSPS) is 9.95. The fraction of sp³-hybridized carbons (Fsp3) is 0.154. The zero-order chi connectivity index (χ0) is 13.8. The topological polar surface area (TPSA) is 78.8 Å². The first kappa shape index (κ1) is 12.8. The minimum absolute atomic E-state index is 0.0901. The van der Waals surface area contributed by atoms with Gasteiger partial charge in [0.1, 0.15) is 11.8 Å². The summed E-state index contributed by atoms with van der Waals surface area (Å²) in [5, 5.41) is 14.9. The van der Waals surface area contributed by atoms with Crippen LogP contribution in [-0.4, -0.2) is 16.8 Å². The molecule has 0 atom stereocenters. The van der Waals surface area contributed by atoms with Crippen molar-refractivity contribution in [1.29, 1.82) is 5.26 Å². The van der Waals surface area contributed by atoms with Crippen LogP contribution in [0.2, 0.25) is 0 Å². The Morgan fingerprint density at radius 2 is 2.26 bits per heavy atom. The van der Waals surface area contributed by atoms with E-state index in [0.29, 0.717) is 12.2 Å². The van der Waals surface area contributed by atoms with Gasteiger partial charge in [0.25, 0.3) is 5.56 Å². The Morgan fingerprint density at radius 1 is 1.47 bits per heavy atom. The molecule has 1 aromatic carbocycles. The van der Waals surface area contributed by atoms with Crippen molar-refractivity contribution < 1.29 is 9.13 Å². The molecule has 0 bridgehead atoms. The minimum atomic E-state index is -0.545. The van der Waals surface area contributed by atoms with Gasteiger partial charge in [0, 0.05) is 11.6 Å². The molecular weight excluding hydrogens is 249 g/mol. The summed E-state index contributed by atoms with van der Waals surface area (Å²) in [6, 6.07) is 7.23. The van der Waals surface area contributed by atoms with Crippen LogP contribution < -0.4 is 10.3 Å². The van der Waals surface area contributed by atoms with Crippen molar-refractivity contribution in [3.63, 3.8) is 0 Å². The summed E-state index contributed by atoms with van der Waals surface area (Å²) < 4.78 is 18.8. The third-order valence-corrected chi connectivity index (χ3v) is 2.43. The van der Waals surface area contributed by atoms with Crippen molar-refractivity contribution in [2.45, 2.75) is 6.92 Å². The van der Waals surface area contributed by atoms with Gasteiger partial charge in [-0.2, -0.15) is 10.4 Å². The van der Waals surface area contributed by atoms with Crippen LogP contribution >= 0.6 is 0 Å². The Labute approximate surface area is 108 Å². The predicted octanol–water partition coefficient (Wildman–Crippen LogP) is 1.85. The van der Waals surface area contributed by atoms with Crippen molar-refractivity contribution in [2.75, 3.05) is 6.61 Å². The first-order chi connectivity index (χ1) is 9.15. The van der Waals surface area contributed by atoms with Crippen LogP contribution in [0.25, 0.3) is 11.3 Å². The molecule has 0 saturated carbocycles. The number of rotatable bonds is 3. The lowest BCUT2D eigenvalue weighted by Crippen LogP contribution is -2.09. The van der Waals surface area contributed by atoms with E-state index in [1.165, 1.54) is 12.1 Å². The smallest absolute Gasteiger partial charge is 0.265 e. The quantitative estimate of drug-likeness (QED) is 0.912. The van der Waals surface area contributed by atoms with E-state index in [0.717, 1.165) is 6.07 Å². The van der Waals surface area contributed by atoms with Crippen LogP contribution in [0.3, 0.4) is 0 Å². The molecule has 0 spiro atoms. The van der Waals surface area contributed by atoms with Gasteiger partial charge in [-0.25, -0.2) is 9.49 Å². The van der Waals surface area contributed by atoms with E-state index >= 15 is 0 Å². The maximum Gasteiger partial charge on any atom is 0.265 e. The molecule has 2 aromatic rings. The van der Waals surface area contributed by atoms with Gasteiger partial charge in [-0.05, 0) is 25.1 Å². The Morgan fingerprint density at radius 3 is 2.89 bits per heavy atom. The summed E-state index contributed by atoms with van der Waals surface area (Å²) >= 11 is 0. The highest BCUT2D eigenvalue weighted by atomic mass is 19.1. The number of nitriles is 1. The fourth-order valence-electron chi connectivity index (χ4n) is 1.63. The monoisotopic (exact) mass is 259 g/mol. The van der Waals surface area contributed by atoms with Crippen molar-refractivity contribution >= 4 is 0 Å². The summed E-state index contributed by atoms with van der Waals surface area (Å²) in [5.41, 5.74) is 0.233. The highest BCUT2D eigenvalue weighted by Crippen LogP contribution is 2.25. The van der Waals surface area contributed by atoms with Gasteiger partial charge in [-0.1, -0.05) is 0 Å². The summed E-state index contributed by atoms with van der Waals surface area (Å²) in [4.78, 5) is 11.1. The molecule has 0 radical (unpaired) electrons. The number of halogens is 1. The van der Waals surface area contributed by atoms with Crippen LogP contribution in [0.4, 0.5) is 4.39 Å². The van der Waals surface area contributed by atoms with Gasteiger partial charge < -0.3 is 4.74 Å². The third-order valence-electron chi connectivity index (χ3n) is 2.43. The van der Waals surface area contributed by atoms with E-state index in [1.807, 2.05) is 6.07 Å². The lowest BCUT2D eigenvalue weighted by molar-refractivity contribution is 0.321.